The molecule has 1 saturated carbocycles. The Balaban J connectivity index is 1.57. The third kappa shape index (κ3) is 2.92. The van der Waals surface area contributed by atoms with Gasteiger partial charge in [0.05, 0.1) is 5.01 Å². The van der Waals surface area contributed by atoms with Gasteiger partial charge in [-0.25, -0.2) is 4.98 Å². The predicted molar refractivity (Wildman–Crippen MR) is 76.1 cm³/mol. The largest absolute Gasteiger partial charge is 0.310 e. The van der Waals surface area contributed by atoms with E-state index in [9.17, 15) is 0 Å². The smallest absolute Gasteiger partial charge is 0.0937 e. The molecule has 1 saturated heterocycles. The van der Waals surface area contributed by atoms with Gasteiger partial charge < -0.3 is 10.2 Å². The molecule has 0 radical (unpaired) electrons. The Morgan fingerprint density at radius 3 is 3.00 bits per heavy atom. The zero-order chi connectivity index (χ0) is 12.3. The van der Waals surface area contributed by atoms with E-state index in [0.717, 1.165) is 6.42 Å². The summed E-state index contributed by atoms with van der Waals surface area (Å²) in [4.78, 5) is 7.05. The second-order valence-electron chi connectivity index (χ2n) is 5.72. The van der Waals surface area contributed by atoms with Crippen molar-refractivity contribution in [3.8, 4) is 0 Å². The van der Waals surface area contributed by atoms with E-state index < -0.39 is 0 Å². The highest BCUT2D eigenvalue weighted by atomic mass is 32.1. The van der Waals surface area contributed by atoms with E-state index in [1.54, 1.807) is 11.3 Å². The molecule has 0 amide bonds. The van der Waals surface area contributed by atoms with Gasteiger partial charge in [-0.2, -0.15) is 0 Å². The SMILES string of the molecule is c1csc(CCN2CCCNC3(CCCC3)C2)n1. The quantitative estimate of drug-likeness (QED) is 0.909. The predicted octanol–water partition coefficient (Wildman–Crippen LogP) is 2.29. The van der Waals surface area contributed by atoms with Gasteiger partial charge in [0.25, 0.3) is 0 Å². The molecule has 1 aliphatic carbocycles. The average molecular weight is 265 g/mol. The lowest BCUT2D eigenvalue weighted by molar-refractivity contribution is 0.212. The zero-order valence-corrected chi connectivity index (χ0v) is 11.8. The average Bonchev–Trinajstić information content (AvgIpc) is 2.99. The number of aromatic nitrogens is 1. The highest BCUT2D eigenvalue weighted by Crippen LogP contribution is 2.31. The standard InChI is InChI=1S/C14H23N3S/c1-2-6-14(5-1)12-17(9-3-7-16-14)10-4-13-15-8-11-18-13/h8,11,16H,1-7,9-10,12H2. The van der Waals surface area contributed by atoms with Crippen LogP contribution in [0.5, 0.6) is 0 Å². The molecule has 1 spiro atoms. The van der Waals surface area contributed by atoms with Crippen molar-refractivity contribution < 1.29 is 0 Å². The molecule has 3 rings (SSSR count). The minimum absolute atomic E-state index is 0.444. The molecular formula is C14H23N3S. The Bertz CT molecular complexity index is 357. The van der Waals surface area contributed by atoms with Gasteiger partial charge in [0.1, 0.15) is 0 Å². The Hall–Kier alpha value is -0.450. The maximum atomic E-state index is 4.39. The fourth-order valence-corrected chi connectivity index (χ4v) is 4.04. The Labute approximate surface area is 114 Å². The first-order chi connectivity index (χ1) is 8.86. The van der Waals surface area contributed by atoms with Crippen molar-refractivity contribution in [3.05, 3.63) is 16.6 Å². The fraction of sp³-hybridized carbons (Fsp3) is 0.786. The summed E-state index contributed by atoms with van der Waals surface area (Å²) in [5.41, 5.74) is 0.444. The van der Waals surface area contributed by atoms with Crippen LogP contribution in [0.3, 0.4) is 0 Å². The van der Waals surface area contributed by atoms with Crippen molar-refractivity contribution in [1.82, 2.24) is 15.2 Å². The molecule has 1 aromatic rings. The molecule has 1 aromatic heterocycles. The number of thiazole rings is 1. The molecule has 0 aromatic carbocycles. The summed E-state index contributed by atoms with van der Waals surface area (Å²) in [7, 11) is 0. The summed E-state index contributed by atoms with van der Waals surface area (Å²) < 4.78 is 0. The fourth-order valence-electron chi connectivity index (χ4n) is 3.43. The minimum Gasteiger partial charge on any atom is -0.310 e. The molecule has 18 heavy (non-hydrogen) atoms. The molecule has 0 unspecified atom stereocenters. The van der Waals surface area contributed by atoms with Crippen LogP contribution in [0.1, 0.15) is 37.1 Å². The topological polar surface area (TPSA) is 28.2 Å². The van der Waals surface area contributed by atoms with Crippen LogP contribution in [0, 0.1) is 0 Å². The van der Waals surface area contributed by atoms with E-state index in [-0.39, 0.29) is 0 Å². The molecule has 3 nitrogen and oxygen atoms in total. The zero-order valence-electron chi connectivity index (χ0n) is 11.0. The van der Waals surface area contributed by atoms with Crippen molar-refractivity contribution in [2.75, 3.05) is 26.2 Å². The number of nitrogens with one attached hydrogen (secondary N) is 1. The molecule has 0 bridgehead atoms. The number of rotatable bonds is 3. The van der Waals surface area contributed by atoms with Crippen molar-refractivity contribution >= 4 is 11.3 Å². The maximum Gasteiger partial charge on any atom is 0.0937 e. The van der Waals surface area contributed by atoms with E-state index in [0.29, 0.717) is 5.54 Å². The van der Waals surface area contributed by atoms with Gasteiger partial charge in [-0.05, 0) is 32.4 Å². The molecule has 2 aliphatic rings. The van der Waals surface area contributed by atoms with Crippen molar-refractivity contribution in [2.24, 2.45) is 0 Å². The van der Waals surface area contributed by atoms with Crippen LogP contribution in [-0.4, -0.2) is 41.6 Å². The highest BCUT2D eigenvalue weighted by Gasteiger charge is 2.36. The molecule has 0 atom stereocenters. The normalized spacial score (nSPS) is 24.4. The Kier molecular flexibility index (Phi) is 3.97. The van der Waals surface area contributed by atoms with Gasteiger partial charge in [0.15, 0.2) is 0 Å². The van der Waals surface area contributed by atoms with Crippen LogP contribution in [0.2, 0.25) is 0 Å². The van der Waals surface area contributed by atoms with Crippen LogP contribution in [-0.2, 0) is 6.42 Å². The molecule has 2 heterocycles. The molecule has 1 N–H and O–H groups in total. The van der Waals surface area contributed by atoms with Gasteiger partial charge in [-0.3, -0.25) is 0 Å². The summed E-state index contributed by atoms with van der Waals surface area (Å²) in [5, 5.41) is 7.19. The van der Waals surface area contributed by atoms with Gasteiger partial charge >= 0.3 is 0 Å². The second-order valence-corrected chi connectivity index (χ2v) is 6.70. The number of nitrogens with zero attached hydrogens (tertiary/aromatic N) is 2. The first-order valence-electron chi connectivity index (χ1n) is 7.22. The summed E-state index contributed by atoms with van der Waals surface area (Å²) in [6.45, 7) is 4.88. The second kappa shape index (κ2) is 5.68. The van der Waals surface area contributed by atoms with Crippen LogP contribution in [0.25, 0.3) is 0 Å². The Morgan fingerprint density at radius 1 is 1.33 bits per heavy atom. The first-order valence-corrected chi connectivity index (χ1v) is 8.10. The van der Waals surface area contributed by atoms with Gasteiger partial charge in [-0.1, -0.05) is 12.8 Å². The molecule has 2 fully saturated rings. The lowest BCUT2D eigenvalue weighted by Gasteiger charge is -2.33. The summed E-state index contributed by atoms with van der Waals surface area (Å²) in [5.74, 6) is 0. The van der Waals surface area contributed by atoms with Crippen LogP contribution in [0.4, 0.5) is 0 Å². The lowest BCUT2D eigenvalue weighted by atomic mass is 9.97. The van der Waals surface area contributed by atoms with Crippen molar-refractivity contribution in [1.29, 1.82) is 0 Å². The lowest BCUT2D eigenvalue weighted by Crippen LogP contribution is -2.49. The third-order valence-electron chi connectivity index (χ3n) is 4.36. The van der Waals surface area contributed by atoms with Crippen LogP contribution in [0.15, 0.2) is 11.6 Å². The van der Waals surface area contributed by atoms with E-state index in [4.69, 9.17) is 0 Å². The van der Waals surface area contributed by atoms with E-state index in [1.807, 2.05) is 6.20 Å². The van der Waals surface area contributed by atoms with Crippen LogP contribution < -0.4 is 5.32 Å². The summed E-state index contributed by atoms with van der Waals surface area (Å²) in [6.07, 6.45) is 9.90. The van der Waals surface area contributed by atoms with Crippen molar-refractivity contribution in [3.63, 3.8) is 0 Å². The molecule has 100 valence electrons. The van der Waals surface area contributed by atoms with E-state index >= 15 is 0 Å². The van der Waals surface area contributed by atoms with Gasteiger partial charge in [-0.15, -0.1) is 11.3 Å². The van der Waals surface area contributed by atoms with Crippen LogP contribution >= 0.6 is 11.3 Å². The Morgan fingerprint density at radius 2 is 2.22 bits per heavy atom. The van der Waals surface area contributed by atoms with E-state index in [2.05, 4.69) is 20.6 Å². The van der Waals surface area contributed by atoms with Crippen molar-refractivity contribution in [2.45, 2.75) is 44.1 Å². The highest BCUT2D eigenvalue weighted by molar-refractivity contribution is 7.09. The molecule has 4 heteroatoms. The number of hydrogen-bond donors (Lipinski definition) is 1. The molecular weight excluding hydrogens is 242 g/mol. The molecule has 1 aliphatic heterocycles. The van der Waals surface area contributed by atoms with E-state index in [1.165, 1.54) is 63.3 Å². The maximum absolute atomic E-state index is 4.39. The number of hydrogen-bond acceptors (Lipinski definition) is 4. The summed E-state index contributed by atoms with van der Waals surface area (Å²) >= 11 is 1.79. The minimum atomic E-state index is 0.444. The monoisotopic (exact) mass is 265 g/mol. The van der Waals surface area contributed by atoms with Gasteiger partial charge in [0.2, 0.25) is 0 Å². The van der Waals surface area contributed by atoms with Gasteiger partial charge in [0, 0.05) is 36.6 Å². The third-order valence-corrected chi connectivity index (χ3v) is 5.20. The first kappa shape index (κ1) is 12.6. The summed E-state index contributed by atoms with van der Waals surface area (Å²) in [6, 6.07) is 0.